The highest BCUT2D eigenvalue weighted by atomic mass is 35.5. The Morgan fingerprint density at radius 3 is 2.81 bits per heavy atom. The first-order chi connectivity index (χ1) is 9.95. The Hall–Kier alpha value is -1.26. The first-order valence-electron chi connectivity index (χ1n) is 7.41. The van der Waals surface area contributed by atoms with Gasteiger partial charge in [-0.3, -0.25) is 4.79 Å². The van der Waals surface area contributed by atoms with Gasteiger partial charge < -0.3 is 15.4 Å². The molecule has 0 spiro atoms. The van der Waals surface area contributed by atoms with Gasteiger partial charge in [0, 0.05) is 25.3 Å². The summed E-state index contributed by atoms with van der Waals surface area (Å²) >= 11 is 6.19. The summed E-state index contributed by atoms with van der Waals surface area (Å²) in [6, 6.07) is 6.02. The van der Waals surface area contributed by atoms with Crippen molar-refractivity contribution in [3.8, 4) is 0 Å². The van der Waals surface area contributed by atoms with Crippen LogP contribution in [0.1, 0.15) is 33.6 Å². The second kappa shape index (κ2) is 7.14. The van der Waals surface area contributed by atoms with Crippen molar-refractivity contribution in [3.05, 3.63) is 23.2 Å². The summed E-state index contributed by atoms with van der Waals surface area (Å²) in [6.45, 7) is 6.63. The minimum atomic E-state index is -0.123. The summed E-state index contributed by atoms with van der Waals surface area (Å²) in [7, 11) is 0. The van der Waals surface area contributed by atoms with Gasteiger partial charge in [0.1, 0.15) is 0 Å². The van der Waals surface area contributed by atoms with E-state index in [1.54, 1.807) is 0 Å². The number of carbonyl (C=O) groups is 1. The number of anilines is 2. The van der Waals surface area contributed by atoms with Crippen molar-refractivity contribution in [2.45, 2.75) is 45.8 Å². The Labute approximate surface area is 131 Å². The summed E-state index contributed by atoms with van der Waals surface area (Å²) in [6.07, 6.45) is 2.31. The van der Waals surface area contributed by atoms with Crippen molar-refractivity contribution in [1.82, 2.24) is 0 Å². The third-order valence-electron chi connectivity index (χ3n) is 3.71. The molecule has 1 aromatic rings. The number of rotatable bonds is 4. The Morgan fingerprint density at radius 2 is 2.19 bits per heavy atom. The standard InChI is InChI=1S/C16H23ClN2O2/c1-10(2)16-9-13(6-7-21-16)19-12-4-5-15(14(17)8-12)18-11(3)20/h4-5,8,10,13,16,19H,6-7,9H2,1-3H3,(H,18,20). The van der Waals surface area contributed by atoms with Gasteiger partial charge in [-0.2, -0.15) is 0 Å². The lowest BCUT2D eigenvalue weighted by molar-refractivity contribution is -0.114. The lowest BCUT2D eigenvalue weighted by Crippen LogP contribution is -2.36. The van der Waals surface area contributed by atoms with E-state index >= 15 is 0 Å². The number of amides is 1. The van der Waals surface area contributed by atoms with E-state index in [4.69, 9.17) is 16.3 Å². The van der Waals surface area contributed by atoms with Crippen molar-refractivity contribution < 1.29 is 9.53 Å². The monoisotopic (exact) mass is 310 g/mol. The van der Waals surface area contributed by atoms with Gasteiger partial charge in [-0.1, -0.05) is 25.4 Å². The highest BCUT2D eigenvalue weighted by Crippen LogP contribution is 2.28. The van der Waals surface area contributed by atoms with E-state index < -0.39 is 0 Å². The summed E-state index contributed by atoms with van der Waals surface area (Å²) < 4.78 is 5.78. The molecule has 0 radical (unpaired) electrons. The molecule has 1 heterocycles. The maximum atomic E-state index is 11.1. The molecule has 1 aliphatic rings. The van der Waals surface area contributed by atoms with E-state index in [1.165, 1.54) is 6.92 Å². The van der Waals surface area contributed by atoms with E-state index in [-0.39, 0.29) is 5.91 Å². The van der Waals surface area contributed by atoms with E-state index in [2.05, 4.69) is 24.5 Å². The summed E-state index contributed by atoms with van der Waals surface area (Å²) in [5.41, 5.74) is 1.62. The number of hydrogen-bond acceptors (Lipinski definition) is 3. The van der Waals surface area contributed by atoms with Gasteiger partial charge in [0.05, 0.1) is 16.8 Å². The molecule has 0 saturated carbocycles. The van der Waals surface area contributed by atoms with Crippen LogP contribution in [0.2, 0.25) is 5.02 Å². The van der Waals surface area contributed by atoms with Crippen molar-refractivity contribution in [2.75, 3.05) is 17.2 Å². The third-order valence-corrected chi connectivity index (χ3v) is 4.02. The van der Waals surface area contributed by atoms with Gasteiger partial charge in [-0.15, -0.1) is 0 Å². The van der Waals surface area contributed by atoms with E-state index in [0.717, 1.165) is 25.1 Å². The molecule has 1 saturated heterocycles. The number of halogens is 1. The maximum Gasteiger partial charge on any atom is 0.221 e. The van der Waals surface area contributed by atoms with Crippen LogP contribution in [0.15, 0.2) is 18.2 Å². The van der Waals surface area contributed by atoms with Crippen molar-refractivity contribution in [1.29, 1.82) is 0 Å². The molecule has 0 aliphatic carbocycles. The first kappa shape index (κ1) is 16.1. The molecule has 21 heavy (non-hydrogen) atoms. The van der Waals surface area contributed by atoms with Crippen LogP contribution in [0, 0.1) is 5.92 Å². The smallest absolute Gasteiger partial charge is 0.221 e. The zero-order valence-electron chi connectivity index (χ0n) is 12.8. The minimum Gasteiger partial charge on any atom is -0.382 e. The highest BCUT2D eigenvalue weighted by molar-refractivity contribution is 6.34. The van der Waals surface area contributed by atoms with Crippen LogP contribution in [0.3, 0.4) is 0 Å². The number of carbonyl (C=O) groups excluding carboxylic acids is 1. The van der Waals surface area contributed by atoms with Gasteiger partial charge in [0.25, 0.3) is 0 Å². The van der Waals surface area contributed by atoms with Crippen LogP contribution in [0.25, 0.3) is 0 Å². The molecule has 5 heteroatoms. The quantitative estimate of drug-likeness (QED) is 0.886. The molecule has 1 fully saturated rings. The zero-order valence-corrected chi connectivity index (χ0v) is 13.5. The highest BCUT2D eigenvalue weighted by Gasteiger charge is 2.24. The number of nitrogens with one attached hydrogen (secondary N) is 2. The molecule has 0 aromatic heterocycles. The summed E-state index contributed by atoms with van der Waals surface area (Å²) in [4.78, 5) is 11.1. The van der Waals surface area contributed by atoms with Gasteiger partial charge >= 0.3 is 0 Å². The minimum absolute atomic E-state index is 0.123. The Balaban J connectivity index is 1.99. The average Bonchev–Trinajstić information content (AvgIpc) is 2.42. The fourth-order valence-corrected chi connectivity index (χ4v) is 2.78. The molecule has 1 aromatic carbocycles. The number of benzene rings is 1. The SMILES string of the molecule is CC(=O)Nc1ccc(NC2CCOC(C(C)C)C2)cc1Cl. The van der Waals surface area contributed by atoms with E-state index in [1.807, 2.05) is 18.2 Å². The van der Waals surface area contributed by atoms with Gasteiger partial charge in [0.2, 0.25) is 5.91 Å². The molecule has 1 amide bonds. The van der Waals surface area contributed by atoms with Crippen molar-refractivity contribution in [2.24, 2.45) is 5.92 Å². The molecule has 1 aliphatic heterocycles. The van der Waals surface area contributed by atoms with Crippen LogP contribution in [0.4, 0.5) is 11.4 Å². The predicted molar refractivity (Wildman–Crippen MR) is 87.0 cm³/mol. The van der Waals surface area contributed by atoms with E-state index in [9.17, 15) is 4.79 Å². The van der Waals surface area contributed by atoms with Crippen LogP contribution >= 0.6 is 11.6 Å². The van der Waals surface area contributed by atoms with Gasteiger partial charge in [0.15, 0.2) is 0 Å². The Bertz CT molecular complexity index is 505. The molecule has 2 rings (SSSR count). The molecular formula is C16H23ClN2O2. The molecule has 2 unspecified atom stereocenters. The van der Waals surface area contributed by atoms with Crippen LogP contribution < -0.4 is 10.6 Å². The number of ether oxygens (including phenoxy) is 1. The van der Waals surface area contributed by atoms with Gasteiger partial charge in [-0.25, -0.2) is 0 Å². The molecule has 2 N–H and O–H groups in total. The fraction of sp³-hybridized carbons (Fsp3) is 0.562. The van der Waals surface area contributed by atoms with Crippen LogP contribution in [-0.2, 0) is 9.53 Å². The summed E-state index contributed by atoms with van der Waals surface area (Å²) in [5, 5.41) is 6.76. The molecule has 0 bridgehead atoms. The van der Waals surface area contributed by atoms with Crippen molar-refractivity contribution >= 4 is 28.9 Å². The van der Waals surface area contributed by atoms with Crippen LogP contribution in [0.5, 0.6) is 0 Å². The largest absolute Gasteiger partial charge is 0.382 e. The maximum absolute atomic E-state index is 11.1. The Morgan fingerprint density at radius 1 is 1.43 bits per heavy atom. The first-order valence-corrected chi connectivity index (χ1v) is 7.78. The fourth-order valence-electron chi connectivity index (χ4n) is 2.56. The molecular weight excluding hydrogens is 288 g/mol. The van der Waals surface area contributed by atoms with Crippen LogP contribution in [-0.4, -0.2) is 24.7 Å². The summed E-state index contributed by atoms with van der Waals surface area (Å²) in [5.74, 6) is 0.405. The normalized spacial score (nSPS) is 22.1. The third kappa shape index (κ3) is 4.61. The molecule has 4 nitrogen and oxygen atoms in total. The second-order valence-corrected chi connectivity index (χ2v) is 6.30. The van der Waals surface area contributed by atoms with Crippen molar-refractivity contribution in [3.63, 3.8) is 0 Å². The Kier molecular flexibility index (Phi) is 5.48. The molecule has 2 atom stereocenters. The zero-order chi connectivity index (χ0) is 15.4. The lowest BCUT2D eigenvalue weighted by Gasteiger charge is -2.33. The van der Waals surface area contributed by atoms with Gasteiger partial charge in [-0.05, 0) is 37.0 Å². The van der Waals surface area contributed by atoms with E-state index in [0.29, 0.717) is 28.8 Å². The number of hydrogen-bond donors (Lipinski definition) is 2. The topological polar surface area (TPSA) is 50.4 Å². The predicted octanol–water partition coefficient (Wildman–Crippen LogP) is 3.91. The lowest BCUT2D eigenvalue weighted by atomic mass is 9.95. The average molecular weight is 311 g/mol. The second-order valence-electron chi connectivity index (χ2n) is 5.89. The molecule has 116 valence electrons.